The Hall–Kier alpha value is -0.0400. The Morgan fingerprint density at radius 2 is 1.19 bits per heavy atom. The maximum absolute atomic E-state index is 8.74. The molecular weight excluding hydrogens is 256 g/mol. The minimum absolute atomic E-state index is 0.379. The van der Waals surface area contributed by atoms with Crippen LogP contribution in [-0.2, 0) is 0 Å². The Kier molecular flexibility index (Phi) is 8.14. The number of hydrogen-bond donors (Lipinski definition) is 1. The molecule has 0 bridgehead atoms. The van der Waals surface area contributed by atoms with Crippen molar-refractivity contribution in [2.75, 3.05) is 6.61 Å². The fourth-order valence-electron chi connectivity index (χ4n) is 4.18. The van der Waals surface area contributed by atoms with E-state index < -0.39 is 0 Å². The molecule has 4 unspecified atom stereocenters. The Morgan fingerprint density at radius 3 is 1.76 bits per heavy atom. The molecule has 2 saturated carbocycles. The molecule has 0 aromatic heterocycles. The molecule has 0 aromatic carbocycles. The molecule has 0 aliphatic heterocycles. The third-order valence-corrected chi connectivity index (χ3v) is 5.91. The number of aliphatic hydroxyl groups excluding tert-OH is 1. The van der Waals surface area contributed by atoms with Crippen LogP contribution in [0, 0.1) is 23.7 Å². The minimum atomic E-state index is 0.379. The van der Waals surface area contributed by atoms with E-state index >= 15 is 0 Å². The van der Waals surface area contributed by atoms with Gasteiger partial charge in [-0.05, 0) is 49.4 Å². The summed E-state index contributed by atoms with van der Waals surface area (Å²) in [4.78, 5) is 0. The summed E-state index contributed by atoms with van der Waals surface area (Å²) in [6.45, 7) is 2.69. The molecule has 2 aliphatic rings. The van der Waals surface area contributed by atoms with Gasteiger partial charge in [0.15, 0.2) is 0 Å². The summed E-state index contributed by atoms with van der Waals surface area (Å²) >= 11 is 0. The summed E-state index contributed by atoms with van der Waals surface area (Å²) < 4.78 is 0. The summed E-state index contributed by atoms with van der Waals surface area (Å²) in [6.07, 6.45) is 19.9. The molecule has 2 fully saturated rings. The van der Waals surface area contributed by atoms with E-state index in [1.807, 2.05) is 0 Å². The van der Waals surface area contributed by atoms with Crippen LogP contribution in [0.1, 0.15) is 96.8 Å². The minimum Gasteiger partial charge on any atom is -0.396 e. The Morgan fingerprint density at radius 1 is 0.667 bits per heavy atom. The topological polar surface area (TPSA) is 20.2 Å². The molecule has 124 valence electrons. The summed E-state index contributed by atoms with van der Waals surface area (Å²) in [6, 6.07) is 0. The first-order valence-electron chi connectivity index (χ1n) is 9.96. The Bertz CT molecular complexity index is 263. The van der Waals surface area contributed by atoms with Crippen molar-refractivity contribution < 1.29 is 5.11 Å². The summed E-state index contributed by atoms with van der Waals surface area (Å²) in [7, 11) is 0. The van der Waals surface area contributed by atoms with Crippen molar-refractivity contribution >= 4 is 0 Å². The van der Waals surface area contributed by atoms with Crippen molar-refractivity contribution in [3.05, 3.63) is 0 Å². The lowest BCUT2D eigenvalue weighted by Gasteiger charge is -2.02. The number of aliphatic hydroxyl groups is 1. The van der Waals surface area contributed by atoms with Crippen LogP contribution in [0.5, 0.6) is 0 Å². The van der Waals surface area contributed by atoms with Crippen LogP contribution >= 0.6 is 0 Å². The second kappa shape index (κ2) is 9.87. The molecule has 0 aromatic rings. The van der Waals surface area contributed by atoms with Crippen LogP contribution in [0.2, 0.25) is 0 Å². The van der Waals surface area contributed by atoms with Gasteiger partial charge in [0.1, 0.15) is 0 Å². The molecule has 2 rings (SSSR count). The van der Waals surface area contributed by atoms with Gasteiger partial charge in [0.2, 0.25) is 0 Å². The lowest BCUT2D eigenvalue weighted by molar-refractivity contribution is 0.282. The maximum Gasteiger partial charge on any atom is 0.0431 e. The van der Waals surface area contributed by atoms with Crippen molar-refractivity contribution in [1.29, 1.82) is 0 Å². The predicted octanol–water partition coefficient (Wildman–Crippen LogP) is 5.95. The second-order valence-electron chi connectivity index (χ2n) is 7.88. The molecule has 1 N–H and O–H groups in total. The largest absolute Gasteiger partial charge is 0.396 e. The monoisotopic (exact) mass is 294 g/mol. The van der Waals surface area contributed by atoms with Crippen LogP contribution in [0.15, 0.2) is 0 Å². The van der Waals surface area contributed by atoms with Gasteiger partial charge >= 0.3 is 0 Å². The van der Waals surface area contributed by atoms with Crippen molar-refractivity contribution in [2.45, 2.75) is 96.8 Å². The van der Waals surface area contributed by atoms with E-state index in [4.69, 9.17) is 5.11 Å². The fraction of sp³-hybridized carbons (Fsp3) is 1.00. The van der Waals surface area contributed by atoms with E-state index in [9.17, 15) is 0 Å². The lowest BCUT2D eigenvalue weighted by Crippen LogP contribution is -1.90. The van der Waals surface area contributed by atoms with Crippen molar-refractivity contribution in [1.82, 2.24) is 0 Å². The molecule has 0 radical (unpaired) electrons. The Labute approximate surface area is 132 Å². The average Bonchev–Trinajstić information content (AvgIpc) is 3.39. The van der Waals surface area contributed by atoms with Gasteiger partial charge in [0, 0.05) is 6.61 Å². The summed E-state index contributed by atoms with van der Waals surface area (Å²) in [5, 5.41) is 8.74. The van der Waals surface area contributed by atoms with Crippen LogP contribution in [0.3, 0.4) is 0 Å². The van der Waals surface area contributed by atoms with Crippen LogP contribution in [0.4, 0.5) is 0 Å². The molecule has 4 atom stereocenters. The Balaban J connectivity index is 1.36. The van der Waals surface area contributed by atoms with Gasteiger partial charge < -0.3 is 5.11 Å². The SMILES string of the molecule is CCCCCC1CC1CC1CC1CCCCCCCCO. The molecule has 2 aliphatic carbocycles. The number of hydrogen-bond acceptors (Lipinski definition) is 1. The molecule has 0 saturated heterocycles. The van der Waals surface area contributed by atoms with E-state index in [0.29, 0.717) is 6.61 Å². The van der Waals surface area contributed by atoms with E-state index in [0.717, 1.165) is 30.1 Å². The van der Waals surface area contributed by atoms with Crippen LogP contribution < -0.4 is 0 Å². The predicted molar refractivity (Wildman–Crippen MR) is 91.4 cm³/mol. The smallest absolute Gasteiger partial charge is 0.0431 e. The van der Waals surface area contributed by atoms with E-state index in [-0.39, 0.29) is 0 Å². The first-order valence-corrected chi connectivity index (χ1v) is 9.96. The lowest BCUT2D eigenvalue weighted by atomic mass is 10.0. The number of unbranched alkanes of at least 4 members (excludes halogenated alkanes) is 7. The standard InChI is InChI=1S/C20H38O/c1-2-3-8-11-17-14-19(17)16-20-15-18(20)12-9-6-4-5-7-10-13-21/h17-21H,2-16H2,1H3. The first-order chi connectivity index (χ1) is 10.3. The van der Waals surface area contributed by atoms with Gasteiger partial charge in [0.25, 0.3) is 0 Å². The zero-order valence-electron chi connectivity index (χ0n) is 14.4. The van der Waals surface area contributed by atoms with Crippen molar-refractivity contribution in [3.63, 3.8) is 0 Å². The molecule has 0 spiro atoms. The summed E-state index contributed by atoms with van der Waals surface area (Å²) in [5.41, 5.74) is 0. The maximum atomic E-state index is 8.74. The number of rotatable bonds is 14. The summed E-state index contributed by atoms with van der Waals surface area (Å²) in [5.74, 6) is 4.50. The van der Waals surface area contributed by atoms with E-state index in [1.54, 1.807) is 19.3 Å². The molecule has 0 amide bonds. The highest BCUT2D eigenvalue weighted by molar-refractivity contribution is 4.94. The molecule has 0 heterocycles. The van der Waals surface area contributed by atoms with Gasteiger partial charge in [-0.1, -0.05) is 71.1 Å². The van der Waals surface area contributed by atoms with E-state index in [2.05, 4.69) is 6.92 Å². The fourth-order valence-corrected chi connectivity index (χ4v) is 4.18. The van der Waals surface area contributed by atoms with Gasteiger partial charge in [-0.2, -0.15) is 0 Å². The van der Waals surface area contributed by atoms with Gasteiger partial charge in [0.05, 0.1) is 0 Å². The highest BCUT2D eigenvalue weighted by Crippen LogP contribution is 2.54. The molecular formula is C20H38O. The van der Waals surface area contributed by atoms with Crippen molar-refractivity contribution in [3.8, 4) is 0 Å². The molecule has 1 nitrogen and oxygen atoms in total. The third kappa shape index (κ3) is 7.17. The first kappa shape index (κ1) is 17.3. The molecule has 1 heteroatoms. The van der Waals surface area contributed by atoms with E-state index in [1.165, 1.54) is 64.2 Å². The van der Waals surface area contributed by atoms with Gasteiger partial charge in [-0.25, -0.2) is 0 Å². The van der Waals surface area contributed by atoms with Crippen LogP contribution in [-0.4, -0.2) is 11.7 Å². The highest BCUT2D eigenvalue weighted by atomic mass is 16.2. The molecule has 21 heavy (non-hydrogen) atoms. The quantitative estimate of drug-likeness (QED) is 0.392. The van der Waals surface area contributed by atoms with Crippen molar-refractivity contribution in [2.24, 2.45) is 23.7 Å². The average molecular weight is 295 g/mol. The van der Waals surface area contributed by atoms with Crippen LogP contribution in [0.25, 0.3) is 0 Å². The normalized spacial score (nSPS) is 30.6. The van der Waals surface area contributed by atoms with Gasteiger partial charge in [-0.3, -0.25) is 0 Å². The third-order valence-electron chi connectivity index (χ3n) is 5.91. The zero-order chi connectivity index (χ0) is 14.9. The zero-order valence-corrected chi connectivity index (χ0v) is 14.4. The second-order valence-corrected chi connectivity index (χ2v) is 7.88. The highest BCUT2D eigenvalue weighted by Gasteiger charge is 2.44. The van der Waals surface area contributed by atoms with Gasteiger partial charge in [-0.15, -0.1) is 0 Å².